The Bertz CT molecular complexity index is 1040. The van der Waals surface area contributed by atoms with Gasteiger partial charge in [0.2, 0.25) is 5.43 Å². The van der Waals surface area contributed by atoms with Crippen LogP contribution in [-0.4, -0.2) is 47.9 Å². The van der Waals surface area contributed by atoms with Crippen molar-refractivity contribution in [3.63, 3.8) is 0 Å². The Morgan fingerprint density at radius 3 is 2.63 bits per heavy atom. The number of aromatic carboxylic acids is 1. The number of carbonyl (C=O) groups is 1. The molecule has 0 amide bonds. The Hall–Kier alpha value is -2.46. The summed E-state index contributed by atoms with van der Waals surface area (Å²) in [6.45, 7) is -0.0881. The second-order valence-corrected chi connectivity index (χ2v) is 7.43. The number of alkyl halides is 2. The summed E-state index contributed by atoms with van der Waals surface area (Å²) >= 11 is 0. The van der Waals surface area contributed by atoms with E-state index in [9.17, 15) is 23.5 Å². The monoisotopic (exact) mass is 447 g/mol. The highest BCUT2D eigenvalue weighted by Crippen LogP contribution is 2.44. The predicted octanol–water partition coefficient (Wildman–Crippen LogP) is 3.00. The van der Waals surface area contributed by atoms with Crippen LogP contribution >= 0.6 is 12.4 Å². The number of fused-ring (bicyclic) bond motifs is 1. The van der Waals surface area contributed by atoms with Crippen LogP contribution < -0.4 is 20.4 Å². The van der Waals surface area contributed by atoms with Gasteiger partial charge in [0.05, 0.1) is 10.9 Å². The molecular formula is C19H21ClF3N3O4. The third kappa shape index (κ3) is 3.93. The first kappa shape index (κ1) is 22.2. The number of benzene rings is 1. The number of carboxylic acid groups (broad SMARTS) is 1. The molecule has 164 valence electrons. The molecule has 0 bridgehead atoms. The van der Waals surface area contributed by atoms with E-state index >= 15 is 4.39 Å². The summed E-state index contributed by atoms with van der Waals surface area (Å²) in [5.41, 5.74) is -1.59. The maximum atomic E-state index is 15.1. The maximum Gasteiger partial charge on any atom is 0.387 e. The summed E-state index contributed by atoms with van der Waals surface area (Å²) < 4.78 is 48.0. The van der Waals surface area contributed by atoms with E-state index in [-0.39, 0.29) is 41.1 Å². The lowest BCUT2D eigenvalue weighted by Crippen LogP contribution is -2.49. The van der Waals surface area contributed by atoms with Crippen LogP contribution in [0.1, 0.15) is 36.2 Å². The van der Waals surface area contributed by atoms with E-state index in [0.29, 0.717) is 32.5 Å². The van der Waals surface area contributed by atoms with E-state index in [4.69, 9.17) is 4.74 Å². The molecular weight excluding hydrogens is 427 g/mol. The Labute approximate surface area is 175 Å². The molecule has 1 aliphatic carbocycles. The maximum absolute atomic E-state index is 15.1. The average molecular weight is 448 g/mol. The van der Waals surface area contributed by atoms with Crippen LogP contribution in [0.3, 0.4) is 0 Å². The standard InChI is InChI=1S/C19H20F3N3O4.ClH/c1-9-7-24(5-4-23-9)15-13(20)6-11-14(17(15)29-19(21)22)25(10-2-3-10)8-12(16(11)26)18(27)28;/h6,8-10,19,23H,2-5,7H2,1H3,(H,27,28);1H/t9-;/m0./s1. The number of pyridine rings is 1. The third-order valence-corrected chi connectivity index (χ3v) is 5.26. The molecule has 2 N–H and O–H groups in total. The molecule has 1 aromatic heterocycles. The number of piperazine rings is 1. The van der Waals surface area contributed by atoms with E-state index < -0.39 is 35.1 Å². The van der Waals surface area contributed by atoms with Crippen LogP contribution in [0, 0.1) is 5.82 Å². The zero-order valence-electron chi connectivity index (χ0n) is 16.0. The van der Waals surface area contributed by atoms with Gasteiger partial charge in [-0.15, -0.1) is 12.4 Å². The fourth-order valence-electron chi connectivity index (χ4n) is 3.87. The van der Waals surface area contributed by atoms with Crippen LogP contribution in [0.2, 0.25) is 0 Å². The van der Waals surface area contributed by atoms with Gasteiger partial charge >= 0.3 is 12.6 Å². The van der Waals surface area contributed by atoms with Gasteiger partial charge < -0.3 is 24.6 Å². The average Bonchev–Trinajstić information content (AvgIpc) is 3.47. The summed E-state index contributed by atoms with van der Waals surface area (Å²) in [4.78, 5) is 25.8. The highest BCUT2D eigenvalue weighted by atomic mass is 35.5. The van der Waals surface area contributed by atoms with E-state index in [1.54, 1.807) is 4.90 Å². The van der Waals surface area contributed by atoms with Crippen molar-refractivity contribution in [1.82, 2.24) is 9.88 Å². The molecule has 2 heterocycles. The van der Waals surface area contributed by atoms with Crippen molar-refractivity contribution >= 4 is 35.0 Å². The lowest BCUT2D eigenvalue weighted by Gasteiger charge is -2.35. The van der Waals surface area contributed by atoms with Crippen molar-refractivity contribution in [2.75, 3.05) is 24.5 Å². The number of ether oxygens (including phenoxy) is 1. The number of carboxylic acids is 1. The first-order chi connectivity index (χ1) is 13.8. The summed E-state index contributed by atoms with van der Waals surface area (Å²) in [5.74, 6) is -2.78. The van der Waals surface area contributed by atoms with Crippen LogP contribution in [0.15, 0.2) is 17.1 Å². The molecule has 7 nitrogen and oxygen atoms in total. The molecule has 2 aliphatic rings. The van der Waals surface area contributed by atoms with E-state index in [1.807, 2.05) is 6.92 Å². The minimum absolute atomic E-state index is 0. The smallest absolute Gasteiger partial charge is 0.387 e. The lowest BCUT2D eigenvalue weighted by atomic mass is 10.1. The van der Waals surface area contributed by atoms with Crippen molar-refractivity contribution in [2.45, 2.75) is 38.5 Å². The molecule has 11 heteroatoms. The summed E-state index contributed by atoms with van der Waals surface area (Å²) in [5, 5.41) is 12.3. The van der Waals surface area contributed by atoms with Gasteiger partial charge in [-0.3, -0.25) is 4.79 Å². The molecule has 4 rings (SSSR count). The van der Waals surface area contributed by atoms with Gasteiger partial charge in [-0.2, -0.15) is 8.78 Å². The quantitative estimate of drug-likeness (QED) is 0.733. The molecule has 2 fully saturated rings. The molecule has 0 unspecified atom stereocenters. The Morgan fingerprint density at radius 1 is 1.37 bits per heavy atom. The third-order valence-electron chi connectivity index (χ3n) is 5.26. The SMILES string of the molecule is C[C@H]1CN(c2c(F)cc3c(=O)c(C(=O)O)cn(C4CC4)c3c2OC(F)F)CCN1.Cl. The second-order valence-electron chi connectivity index (χ2n) is 7.43. The molecule has 1 saturated heterocycles. The van der Waals surface area contributed by atoms with E-state index in [2.05, 4.69) is 5.32 Å². The summed E-state index contributed by atoms with van der Waals surface area (Å²) in [6.07, 6.45) is 2.54. The zero-order chi connectivity index (χ0) is 20.9. The summed E-state index contributed by atoms with van der Waals surface area (Å²) in [6, 6.07) is 0.776. The Morgan fingerprint density at radius 2 is 2.07 bits per heavy atom. The fraction of sp³-hybridized carbons (Fsp3) is 0.474. The molecule has 1 aliphatic heterocycles. The van der Waals surface area contributed by atoms with Gasteiger partial charge in [-0.1, -0.05) is 0 Å². The number of aromatic nitrogens is 1. The number of nitrogens with zero attached hydrogens (tertiary/aromatic N) is 2. The van der Waals surface area contributed by atoms with Crippen molar-refractivity contribution in [3.8, 4) is 5.75 Å². The first-order valence-electron chi connectivity index (χ1n) is 9.35. The molecule has 1 aromatic carbocycles. The summed E-state index contributed by atoms with van der Waals surface area (Å²) in [7, 11) is 0. The van der Waals surface area contributed by atoms with Gasteiger partial charge in [-0.25, -0.2) is 9.18 Å². The van der Waals surface area contributed by atoms with Crippen LogP contribution in [0.25, 0.3) is 10.9 Å². The molecule has 30 heavy (non-hydrogen) atoms. The number of nitrogens with one attached hydrogen (secondary N) is 1. The van der Waals surface area contributed by atoms with Gasteiger partial charge in [0.25, 0.3) is 0 Å². The van der Waals surface area contributed by atoms with Gasteiger partial charge in [0, 0.05) is 37.9 Å². The molecule has 2 aromatic rings. The topological polar surface area (TPSA) is 83.8 Å². The fourth-order valence-corrected chi connectivity index (χ4v) is 3.87. The normalized spacial score (nSPS) is 19.1. The minimum atomic E-state index is -3.24. The Kier molecular flexibility index (Phi) is 6.19. The first-order valence-corrected chi connectivity index (χ1v) is 9.35. The molecule has 0 radical (unpaired) electrons. The lowest BCUT2D eigenvalue weighted by molar-refractivity contribution is -0.0488. The zero-order valence-corrected chi connectivity index (χ0v) is 16.8. The second kappa shape index (κ2) is 8.35. The number of halogens is 4. The van der Waals surface area contributed by atoms with Crippen molar-refractivity contribution in [1.29, 1.82) is 0 Å². The number of anilines is 1. The van der Waals surface area contributed by atoms with E-state index in [1.165, 1.54) is 4.57 Å². The van der Waals surface area contributed by atoms with E-state index in [0.717, 1.165) is 12.3 Å². The van der Waals surface area contributed by atoms with Gasteiger partial charge in [-0.05, 0) is 25.8 Å². The predicted molar refractivity (Wildman–Crippen MR) is 107 cm³/mol. The van der Waals surface area contributed by atoms with Crippen LogP contribution in [0.4, 0.5) is 18.9 Å². The van der Waals surface area contributed by atoms with Gasteiger partial charge in [0.15, 0.2) is 11.6 Å². The molecule has 0 spiro atoms. The van der Waals surface area contributed by atoms with Crippen LogP contribution in [-0.2, 0) is 0 Å². The van der Waals surface area contributed by atoms with Crippen molar-refractivity contribution in [3.05, 3.63) is 33.9 Å². The molecule has 1 atom stereocenters. The Balaban J connectivity index is 0.00000256. The minimum Gasteiger partial charge on any atom is -0.477 e. The largest absolute Gasteiger partial charge is 0.477 e. The van der Waals surface area contributed by atoms with Crippen molar-refractivity contribution in [2.24, 2.45) is 0 Å². The van der Waals surface area contributed by atoms with Gasteiger partial charge in [0.1, 0.15) is 11.3 Å². The molecule has 1 saturated carbocycles. The van der Waals surface area contributed by atoms with Crippen LogP contribution in [0.5, 0.6) is 5.75 Å². The highest BCUT2D eigenvalue weighted by Gasteiger charge is 2.33. The number of rotatable bonds is 5. The highest BCUT2D eigenvalue weighted by molar-refractivity contribution is 5.97. The number of hydrogen-bond donors (Lipinski definition) is 2. The van der Waals surface area contributed by atoms with Crippen molar-refractivity contribution < 1.29 is 27.8 Å². The number of hydrogen-bond acceptors (Lipinski definition) is 5.